The molecule has 25 heavy (non-hydrogen) atoms. The lowest BCUT2D eigenvalue weighted by Crippen LogP contribution is -2.59. The Morgan fingerprint density at radius 1 is 1.20 bits per heavy atom. The van der Waals surface area contributed by atoms with Crippen LogP contribution in [0.4, 0.5) is 4.39 Å². The summed E-state index contributed by atoms with van der Waals surface area (Å²) in [4.78, 5) is 17.4. The molecule has 1 saturated carbocycles. The maximum atomic E-state index is 13.4. The van der Waals surface area contributed by atoms with Crippen molar-refractivity contribution in [2.24, 2.45) is 11.8 Å². The number of piperidine rings is 2. The molecule has 3 nitrogen and oxygen atoms in total. The predicted molar refractivity (Wildman–Crippen MR) is 96.9 cm³/mol. The number of amides is 1. The van der Waals surface area contributed by atoms with Gasteiger partial charge in [0.05, 0.1) is 11.1 Å². The van der Waals surface area contributed by atoms with Crippen LogP contribution in [0.2, 0.25) is 5.02 Å². The highest BCUT2D eigenvalue weighted by Crippen LogP contribution is 2.33. The number of fused-ring (bicyclic) bond motifs is 2. The Kier molecular flexibility index (Phi) is 5.01. The number of nitrogens with zero attached hydrogens (tertiary/aromatic N) is 2. The first-order valence-corrected chi connectivity index (χ1v) is 9.94. The van der Waals surface area contributed by atoms with Gasteiger partial charge in [-0.3, -0.25) is 9.69 Å². The second kappa shape index (κ2) is 7.24. The van der Waals surface area contributed by atoms with Crippen LogP contribution in [0.1, 0.15) is 44.1 Å². The fraction of sp³-hybridized carbons (Fsp3) is 0.650. The van der Waals surface area contributed by atoms with Gasteiger partial charge in [-0.15, -0.1) is 0 Å². The van der Waals surface area contributed by atoms with Crippen LogP contribution in [0, 0.1) is 17.7 Å². The van der Waals surface area contributed by atoms with Crippen LogP contribution in [-0.2, 0) is 11.3 Å². The van der Waals surface area contributed by atoms with Gasteiger partial charge in [-0.1, -0.05) is 30.5 Å². The Morgan fingerprint density at radius 3 is 2.76 bits per heavy atom. The fourth-order valence-corrected chi connectivity index (χ4v) is 5.06. The van der Waals surface area contributed by atoms with E-state index in [4.69, 9.17) is 11.6 Å². The van der Waals surface area contributed by atoms with Gasteiger partial charge in [0.25, 0.3) is 0 Å². The molecule has 2 bridgehead atoms. The number of halogens is 2. The largest absolute Gasteiger partial charge is 0.341 e. The molecule has 3 aliphatic rings. The Hall–Kier alpha value is -1.13. The lowest BCUT2D eigenvalue weighted by atomic mass is 9.85. The SMILES string of the molecule is O=C1[C@H]2C[C@H](CCN2Cc2ccc(F)c(Cl)c2)CN1CC1CCCC1. The van der Waals surface area contributed by atoms with Gasteiger partial charge in [0.15, 0.2) is 0 Å². The molecule has 2 aliphatic heterocycles. The molecule has 1 aliphatic carbocycles. The van der Waals surface area contributed by atoms with E-state index in [9.17, 15) is 9.18 Å². The summed E-state index contributed by atoms with van der Waals surface area (Å²) in [6.45, 7) is 3.50. The van der Waals surface area contributed by atoms with E-state index in [2.05, 4.69) is 9.80 Å². The first kappa shape index (κ1) is 17.3. The van der Waals surface area contributed by atoms with Crippen LogP contribution < -0.4 is 0 Å². The highest BCUT2D eigenvalue weighted by molar-refractivity contribution is 6.30. The number of likely N-dealkylation sites (tertiary alicyclic amines) is 2. The molecule has 1 aromatic rings. The van der Waals surface area contributed by atoms with Crippen LogP contribution in [0.25, 0.3) is 0 Å². The number of hydrogen-bond donors (Lipinski definition) is 0. The van der Waals surface area contributed by atoms with E-state index in [1.54, 1.807) is 12.1 Å². The molecular formula is C20H26ClFN2O. The minimum Gasteiger partial charge on any atom is -0.341 e. The number of carbonyl (C=O) groups excluding carboxylic acids is 1. The van der Waals surface area contributed by atoms with Gasteiger partial charge >= 0.3 is 0 Å². The first-order valence-electron chi connectivity index (χ1n) is 9.57. The quantitative estimate of drug-likeness (QED) is 0.803. The monoisotopic (exact) mass is 364 g/mol. The molecule has 0 spiro atoms. The summed E-state index contributed by atoms with van der Waals surface area (Å²) in [5.74, 6) is 1.25. The van der Waals surface area contributed by atoms with Gasteiger partial charge < -0.3 is 4.90 Å². The third-order valence-electron chi connectivity index (χ3n) is 6.22. The average molecular weight is 365 g/mol. The van der Waals surface area contributed by atoms with Crippen molar-refractivity contribution in [3.63, 3.8) is 0 Å². The first-order chi connectivity index (χ1) is 12.1. The predicted octanol–water partition coefficient (Wildman–Crippen LogP) is 4.09. The summed E-state index contributed by atoms with van der Waals surface area (Å²) in [5.41, 5.74) is 0.977. The summed E-state index contributed by atoms with van der Waals surface area (Å²) < 4.78 is 13.4. The Labute approximate surface area is 154 Å². The average Bonchev–Trinajstić information content (AvgIpc) is 3.11. The maximum absolute atomic E-state index is 13.4. The van der Waals surface area contributed by atoms with Gasteiger partial charge in [0.2, 0.25) is 5.91 Å². The molecule has 0 unspecified atom stereocenters. The smallest absolute Gasteiger partial charge is 0.239 e. The van der Waals surface area contributed by atoms with Crippen molar-refractivity contribution in [1.82, 2.24) is 9.80 Å². The van der Waals surface area contributed by atoms with Crippen LogP contribution >= 0.6 is 11.6 Å². The summed E-state index contributed by atoms with van der Waals surface area (Å²) in [6, 6.07) is 4.86. The second-order valence-corrected chi connectivity index (χ2v) is 8.43. The molecule has 1 aromatic carbocycles. The molecular weight excluding hydrogens is 339 g/mol. The van der Waals surface area contributed by atoms with Crippen molar-refractivity contribution in [2.75, 3.05) is 19.6 Å². The van der Waals surface area contributed by atoms with Crippen LogP contribution in [0.3, 0.4) is 0 Å². The number of benzene rings is 1. The normalized spacial score (nSPS) is 27.9. The van der Waals surface area contributed by atoms with E-state index in [1.807, 2.05) is 0 Å². The highest BCUT2D eigenvalue weighted by Gasteiger charge is 2.41. The Bertz CT molecular complexity index is 647. The van der Waals surface area contributed by atoms with E-state index in [-0.39, 0.29) is 16.9 Å². The Balaban J connectivity index is 1.45. The van der Waals surface area contributed by atoms with Crippen molar-refractivity contribution < 1.29 is 9.18 Å². The van der Waals surface area contributed by atoms with E-state index < -0.39 is 0 Å². The van der Waals surface area contributed by atoms with Crippen molar-refractivity contribution in [2.45, 2.75) is 51.1 Å². The van der Waals surface area contributed by atoms with Crippen LogP contribution in [0.5, 0.6) is 0 Å². The number of hydrogen-bond acceptors (Lipinski definition) is 2. The summed E-state index contributed by atoms with van der Waals surface area (Å²) in [6.07, 6.45) is 7.29. The molecule has 136 valence electrons. The van der Waals surface area contributed by atoms with Crippen molar-refractivity contribution in [1.29, 1.82) is 0 Å². The summed E-state index contributed by atoms with van der Waals surface area (Å²) >= 11 is 5.91. The lowest BCUT2D eigenvalue weighted by Gasteiger charge is -2.47. The zero-order chi connectivity index (χ0) is 17.4. The van der Waals surface area contributed by atoms with E-state index in [0.717, 1.165) is 38.0 Å². The zero-order valence-electron chi connectivity index (χ0n) is 14.6. The van der Waals surface area contributed by atoms with Gasteiger partial charge in [0, 0.05) is 19.6 Å². The van der Waals surface area contributed by atoms with Crippen molar-refractivity contribution in [3.8, 4) is 0 Å². The van der Waals surface area contributed by atoms with Crippen LogP contribution in [0.15, 0.2) is 18.2 Å². The van der Waals surface area contributed by atoms with Crippen LogP contribution in [-0.4, -0.2) is 41.4 Å². The number of rotatable bonds is 4. The van der Waals surface area contributed by atoms with Crippen molar-refractivity contribution >= 4 is 17.5 Å². The van der Waals surface area contributed by atoms with E-state index >= 15 is 0 Å². The molecule has 3 fully saturated rings. The molecule has 5 heteroatoms. The maximum Gasteiger partial charge on any atom is 0.239 e. The van der Waals surface area contributed by atoms with E-state index in [1.165, 1.54) is 31.7 Å². The van der Waals surface area contributed by atoms with Gasteiger partial charge in [0.1, 0.15) is 5.82 Å². The van der Waals surface area contributed by atoms with E-state index in [0.29, 0.717) is 24.3 Å². The molecule has 0 N–H and O–H groups in total. The highest BCUT2D eigenvalue weighted by atomic mass is 35.5. The minimum atomic E-state index is -0.388. The Morgan fingerprint density at radius 2 is 2.00 bits per heavy atom. The molecule has 2 heterocycles. The topological polar surface area (TPSA) is 23.6 Å². The molecule has 0 aromatic heterocycles. The third kappa shape index (κ3) is 3.70. The standard InChI is InChI=1S/C20H26ClFN2O/c21-17-9-15(5-6-18(17)22)12-23-8-7-16-10-19(23)20(25)24(13-16)11-14-3-1-2-4-14/h5-6,9,14,16,19H,1-4,7-8,10-13H2/t16-,19+/m0/s1. The molecule has 2 atom stereocenters. The molecule has 1 amide bonds. The van der Waals surface area contributed by atoms with Gasteiger partial charge in [-0.2, -0.15) is 0 Å². The van der Waals surface area contributed by atoms with Gasteiger partial charge in [-0.25, -0.2) is 4.39 Å². The second-order valence-electron chi connectivity index (χ2n) is 8.02. The molecule has 0 radical (unpaired) electrons. The number of carbonyl (C=O) groups is 1. The fourth-order valence-electron chi connectivity index (χ4n) is 4.85. The minimum absolute atomic E-state index is 0.0160. The van der Waals surface area contributed by atoms with Gasteiger partial charge in [-0.05, 0) is 61.8 Å². The summed E-state index contributed by atoms with van der Waals surface area (Å²) in [7, 11) is 0. The molecule has 2 saturated heterocycles. The third-order valence-corrected chi connectivity index (χ3v) is 6.51. The lowest BCUT2D eigenvalue weighted by molar-refractivity contribution is -0.146. The molecule has 4 rings (SSSR count). The van der Waals surface area contributed by atoms with Crippen molar-refractivity contribution in [3.05, 3.63) is 34.6 Å². The zero-order valence-corrected chi connectivity index (χ0v) is 15.3. The summed E-state index contributed by atoms with van der Waals surface area (Å²) in [5, 5.41) is 0.158.